The van der Waals surface area contributed by atoms with Crippen molar-refractivity contribution in [3.8, 4) is 0 Å². The smallest absolute Gasteiger partial charge is 0.208 e. The molecule has 90 valence electrons. The lowest BCUT2D eigenvalue weighted by Crippen LogP contribution is -2.63. The fourth-order valence-corrected chi connectivity index (χ4v) is 2.00. The fourth-order valence-electron chi connectivity index (χ4n) is 2.00. The number of aryl methyl sites for hydroxylation is 2. The zero-order chi connectivity index (χ0) is 11.9. The van der Waals surface area contributed by atoms with E-state index in [0.29, 0.717) is 25.6 Å². The minimum Gasteiger partial charge on any atom is -0.444 e. The van der Waals surface area contributed by atoms with Crippen molar-refractivity contribution in [2.24, 2.45) is 5.92 Å². The molecule has 1 aromatic heterocycles. The average molecular weight is 224 g/mol. The average Bonchev–Trinajstić information content (AvgIpc) is 2.43. The van der Waals surface area contributed by atoms with Crippen molar-refractivity contribution in [1.29, 1.82) is 0 Å². The van der Waals surface area contributed by atoms with E-state index >= 15 is 0 Å². The van der Waals surface area contributed by atoms with Crippen LogP contribution in [-0.4, -0.2) is 33.7 Å². The van der Waals surface area contributed by atoms with Gasteiger partial charge in [0.05, 0.1) is 17.8 Å². The van der Waals surface area contributed by atoms with Gasteiger partial charge in [-0.1, -0.05) is 13.8 Å². The van der Waals surface area contributed by atoms with Crippen LogP contribution < -0.4 is 0 Å². The SMILES string of the molecule is Cc1nc(CN2CC(O)(C(C)C)C2)oc1C. The van der Waals surface area contributed by atoms with Gasteiger partial charge in [0.2, 0.25) is 5.89 Å². The van der Waals surface area contributed by atoms with Crippen LogP contribution in [0.5, 0.6) is 0 Å². The topological polar surface area (TPSA) is 49.5 Å². The number of nitrogens with zero attached hydrogens (tertiary/aromatic N) is 2. The van der Waals surface area contributed by atoms with Gasteiger partial charge in [-0.15, -0.1) is 0 Å². The first-order valence-electron chi connectivity index (χ1n) is 5.78. The van der Waals surface area contributed by atoms with Gasteiger partial charge in [-0.25, -0.2) is 4.98 Å². The number of rotatable bonds is 3. The maximum Gasteiger partial charge on any atom is 0.208 e. The zero-order valence-electron chi connectivity index (χ0n) is 10.4. The van der Waals surface area contributed by atoms with Crippen molar-refractivity contribution in [3.05, 3.63) is 17.3 Å². The molecule has 0 bridgehead atoms. The Hall–Kier alpha value is -0.870. The van der Waals surface area contributed by atoms with Crippen LogP contribution in [0.1, 0.15) is 31.2 Å². The molecule has 0 radical (unpaired) electrons. The van der Waals surface area contributed by atoms with E-state index in [4.69, 9.17) is 4.42 Å². The fraction of sp³-hybridized carbons (Fsp3) is 0.750. The van der Waals surface area contributed by atoms with Crippen LogP contribution in [0.3, 0.4) is 0 Å². The second kappa shape index (κ2) is 3.86. The van der Waals surface area contributed by atoms with Gasteiger partial charge in [-0.05, 0) is 19.8 Å². The summed E-state index contributed by atoms with van der Waals surface area (Å²) in [5, 5.41) is 10.1. The predicted molar refractivity (Wildman–Crippen MR) is 61.0 cm³/mol. The van der Waals surface area contributed by atoms with Crippen molar-refractivity contribution in [2.45, 2.75) is 39.8 Å². The molecule has 0 unspecified atom stereocenters. The summed E-state index contributed by atoms with van der Waals surface area (Å²) in [5.74, 6) is 1.94. The highest BCUT2D eigenvalue weighted by molar-refractivity contribution is 5.06. The first-order valence-corrected chi connectivity index (χ1v) is 5.78. The van der Waals surface area contributed by atoms with Crippen LogP contribution in [-0.2, 0) is 6.54 Å². The summed E-state index contributed by atoms with van der Waals surface area (Å²) >= 11 is 0. The Morgan fingerprint density at radius 3 is 2.50 bits per heavy atom. The summed E-state index contributed by atoms with van der Waals surface area (Å²) in [4.78, 5) is 6.49. The molecule has 16 heavy (non-hydrogen) atoms. The van der Waals surface area contributed by atoms with Gasteiger partial charge >= 0.3 is 0 Å². The van der Waals surface area contributed by atoms with E-state index in [2.05, 4.69) is 23.7 Å². The lowest BCUT2D eigenvalue weighted by molar-refractivity contribution is -0.132. The quantitative estimate of drug-likeness (QED) is 0.845. The number of hydrogen-bond acceptors (Lipinski definition) is 4. The number of aliphatic hydroxyl groups is 1. The first-order chi connectivity index (χ1) is 7.40. The Labute approximate surface area is 96.3 Å². The molecular formula is C12H20N2O2. The summed E-state index contributed by atoms with van der Waals surface area (Å²) in [6, 6.07) is 0. The molecule has 1 saturated heterocycles. The molecule has 0 atom stereocenters. The van der Waals surface area contributed by atoms with E-state index in [1.54, 1.807) is 0 Å². The Morgan fingerprint density at radius 1 is 1.44 bits per heavy atom. The zero-order valence-corrected chi connectivity index (χ0v) is 10.4. The van der Waals surface area contributed by atoms with Gasteiger partial charge in [-0.2, -0.15) is 0 Å². The molecule has 4 nitrogen and oxygen atoms in total. The third-order valence-corrected chi connectivity index (χ3v) is 3.50. The van der Waals surface area contributed by atoms with E-state index in [1.807, 2.05) is 13.8 Å². The normalized spacial score (nSPS) is 20.1. The van der Waals surface area contributed by atoms with Crippen LogP contribution in [0.4, 0.5) is 0 Å². The molecule has 0 amide bonds. The molecule has 0 saturated carbocycles. The molecule has 0 aliphatic carbocycles. The Kier molecular flexibility index (Phi) is 2.80. The highest BCUT2D eigenvalue weighted by Gasteiger charge is 2.43. The van der Waals surface area contributed by atoms with Gasteiger partial charge in [0.25, 0.3) is 0 Å². The van der Waals surface area contributed by atoms with Crippen LogP contribution in [0.25, 0.3) is 0 Å². The summed E-state index contributed by atoms with van der Waals surface area (Å²) in [6.45, 7) is 10.1. The van der Waals surface area contributed by atoms with Gasteiger partial charge in [0, 0.05) is 13.1 Å². The predicted octanol–water partition coefficient (Wildman–Crippen LogP) is 1.49. The molecular weight excluding hydrogens is 204 g/mol. The summed E-state index contributed by atoms with van der Waals surface area (Å²) in [7, 11) is 0. The Morgan fingerprint density at radius 2 is 2.06 bits per heavy atom. The molecule has 1 aliphatic rings. The van der Waals surface area contributed by atoms with E-state index in [-0.39, 0.29) is 0 Å². The highest BCUT2D eigenvalue weighted by atomic mass is 16.4. The van der Waals surface area contributed by atoms with Crippen LogP contribution in [0, 0.1) is 19.8 Å². The largest absolute Gasteiger partial charge is 0.444 e. The van der Waals surface area contributed by atoms with Crippen molar-refractivity contribution >= 4 is 0 Å². The van der Waals surface area contributed by atoms with Gasteiger partial charge in [0.15, 0.2) is 0 Å². The molecule has 0 aromatic carbocycles. The monoisotopic (exact) mass is 224 g/mol. The Balaban J connectivity index is 1.90. The Bertz CT molecular complexity index is 359. The van der Waals surface area contributed by atoms with Crippen LogP contribution in [0.15, 0.2) is 4.42 Å². The van der Waals surface area contributed by atoms with E-state index < -0.39 is 5.60 Å². The van der Waals surface area contributed by atoms with E-state index in [0.717, 1.165) is 17.3 Å². The maximum atomic E-state index is 10.1. The maximum absolute atomic E-state index is 10.1. The first kappa shape index (κ1) is 11.6. The molecule has 2 heterocycles. The van der Waals surface area contributed by atoms with Gasteiger partial charge in [-0.3, -0.25) is 4.90 Å². The van der Waals surface area contributed by atoms with Crippen molar-refractivity contribution in [2.75, 3.05) is 13.1 Å². The highest BCUT2D eigenvalue weighted by Crippen LogP contribution is 2.29. The molecule has 1 fully saturated rings. The van der Waals surface area contributed by atoms with Crippen LogP contribution >= 0.6 is 0 Å². The van der Waals surface area contributed by atoms with Gasteiger partial charge < -0.3 is 9.52 Å². The molecule has 1 aliphatic heterocycles. The minimum absolute atomic E-state index is 0.303. The number of oxazole rings is 1. The number of β-amino-alcohol motifs (C(OH)–C–C–N with tert-alkyl or cyclic N) is 1. The third-order valence-electron chi connectivity index (χ3n) is 3.50. The van der Waals surface area contributed by atoms with Crippen molar-refractivity contribution in [3.63, 3.8) is 0 Å². The lowest BCUT2D eigenvalue weighted by atomic mass is 9.83. The second-order valence-electron chi connectivity index (χ2n) is 5.15. The van der Waals surface area contributed by atoms with Crippen LogP contribution in [0.2, 0.25) is 0 Å². The molecule has 2 rings (SSSR count). The minimum atomic E-state index is -0.517. The summed E-state index contributed by atoms with van der Waals surface area (Å²) < 4.78 is 5.51. The molecule has 0 spiro atoms. The van der Waals surface area contributed by atoms with E-state index in [1.165, 1.54) is 0 Å². The van der Waals surface area contributed by atoms with Crippen molar-refractivity contribution < 1.29 is 9.52 Å². The van der Waals surface area contributed by atoms with Crippen molar-refractivity contribution in [1.82, 2.24) is 9.88 Å². The number of hydrogen-bond donors (Lipinski definition) is 1. The number of likely N-dealkylation sites (tertiary alicyclic amines) is 1. The third kappa shape index (κ3) is 1.99. The summed E-state index contributed by atoms with van der Waals surface area (Å²) in [5.41, 5.74) is 0.436. The molecule has 1 N–H and O–H groups in total. The summed E-state index contributed by atoms with van der Waals surface area (Å²) in [6.07, 6.45) is 0. The second-order valence-corrected chi connectivity index (χ2v) is 5.15. The number of aromatic nitrogens is 1. The molecule has 1 aromatic rings. The standard InChI is InChI=1S/C12H20N2O2/c1-8(2)12(15)6-14(7-12)5-11-13-9(3)10(4)16-11/h8,15H,5-7H2,1-4H3. The lowest BCUT2D eigenvalue weighted by Gasteiger charge is -2.48. The molecule has 4 heteroatoms. The van der Waals surface area contributed by atoms with Gasteiger partial charge in [0.1, 0.15) is 5.76 Å². The van der Waals surface area contributed by atoms with E-state index in [9.17, 15) is 5.11 Å².